The van der Waals surface area contributed by atoms with Crippen molar-refractivity contribution in [3.8, 4) is 0 Å². The highest BCUT2D eigenvalue weighted by atomic mass is 79.9. The average Bonchev–Trinajstić information content (AvgIpc) is 2.03. The molecule has 0 heterocycles. The van der Waals surface area contributed by atoms with Gasteiger partial charge in [-0.2, -0.15) is 0 Å². The lowest BCUT2D eigenvalue weighted by Crippen LogP contribution is -2.29. The van der Waals surface area contributed by atoms with Gasteiger partial charge in [0.1, 0.15) is 0 Å². The van der Waals surface area contributed by atoms with E-state index in [1.807, 2.05) is 0 Å². The Morgan fingerprint density at radius 1 is 1.42 bits per heavy atom. The molecule has 0 aromatic rings. The lowest BCUT2D eigenvalue weighted by atomic mass is 9.72. The zero-order valence-electron chi connectivity index (χ0n) is 8.02. The summed E-state index contributed by atoms with van der Waals surface area (Å²) in [6.45, 7) is 4.65. The van der Waals surface area contributed by atoms with Gasteiger partial charge in [0.15, 0.2) is 0 Å². The van der Waals surface area contributed by atoms with Crippen LogP contribution in [-0.2, 0) is 0 Å². The van der Waals surface area contributed by atoms with Crippen LogP contribution in [0.1, 0.15) is 39.5 Å². The molecule has 0 amide bonds. The zero-order valence-corrected chi connectivity index (χ0v) is 9.60. The third-order valence-corrected chi connectivity index (χ3v) is 3.75. The van der Waals surface area contributed by atoms with Crippen LogP contribution in [-0.4, -0.2) is 16.5 Å². The number of halogens is 1. The van der Waals surface area contributed by atoms with E-state index in [0.717, 1.165) is 5.33 Å². The maximum absolute atomic E-state index is 9.61. The van der Waals surface area contributed by atoms with Crippen molar-refractivity contribution in [3.05, 3.63) is 0 Å². The highest BCUT2D eigenvalue weighted by Crippen LogP contribution is 2.39. The van der Waals surface area contributed by atoms with Crippen LogP contribution >= 0.6 is 15.9 Å². The average molecular weight is 235 g/mol. The van der Waals surface area contributed by atoms with Crippen LogP contribution in [0.5, 0.6) is 0 Å². The molecule has 12 heavy (non-hydrogen) atoms. The smallest absolute Gasteiger partial charge is 0.0665 e. The standard InChI is InChI=1S/C10H19BrO/c1-10(2)5-3-8(4-6-10)9(12)7-11/h8-9,12H,3-7H2,1-2H3. The van der Waals surface area contributed by atoms with E-state index in [1.165, 1.54) is 25.7 Å². The summed E-state index contributed by atoms with van der Waals surface area (Å²) in [5, 5.41) is 10.3. The van der Waals surface area contributed by atoms with Gasteiger partial charge in [0.25, 0.3) is 0 Å². The first-order chi connectivity index (χ1) is 5.55. The van der Waals surface area contributed by atoms with Crippen LogP contribution < -0.4 is 0 Å². The fraction of sp³-hybridized carbons (Fsp3) is 1.00. The lowest BCUT2D eigenvalue weighted by Gasteiger charge is -2.35. The van der Waals surface area contributed by atoms with Crippen LogP contribution in [0.2, 0.25) is 0 Å². The van der Waals surface area contributed by atoms with Crippen LogP contribution in [0.4, 0.5) is 0 Å². The first-order valence-corrected chi connectivity index (χ1v) is 5.91. The lowest BCUT2D eigenvalue weighted by molar-refractivity contribution is 0.0738. The molecule has 0 aliphatic heterocycles. The molecule has 0 saturated heterocycles. The summed E-state index contributed by atoms with van der Waals surface area (Å²) in [5.41, 5.74) is 0.516. The fourth-order valence-electron chi connectivity index (χ4n) is 1.93. The molecule has 1 N–H and O–H groups in total. The minimum atomic E-state index is -0.124. The SMILES string of the molecule is CC1(C)CCC(C(O)CBr)CC1. The van der Waals surface area contributed by atoms with Gasteiger partial charge < -0.3 is 5.11 Å². The summed E-state index contributed by atoms with van der Waals surface area (Å²) in [7, 11) is 0. The monoisotopic (exact) mass is 234 g/mol. The molecule has 1 nitrogen and oxygen atoms in total. The van der Waals surface area contributed by atoms with Crippen molar-refractivity contribution in [2.75, 3.05) is 5.33 Å². The van der Waals surface area contributed by atoms with Crippen molar-refractivity contribution >= 4 is 15.9 Å². The van der Waals surface area contributed by atoms with E-state index in [-0.39, 0.29) is 6.10 Å². The molecule has 1 saturated carbocycles. The molecular weight excluding hydrogens is 216 g/mol. The van der Waals surface area contributed by atoms with Crippen LogP contribution in [0.3, 0.4) is 0 Å². The molecule has 1 aliphatic carbocycles. The Morgan fingerprint density at radius 3 is 2.33 bits per heavy atom. The Morgan fingerprint density at radius 2 is 1.92 bits per heavy atom. The molecule has 2 heteroatoms. The number of hydrogen-bond donors (Lipinski definition) is 1. The highest BCUT2D eigenvalue weighted by molar-refractivity contribution is 9.09. The van der Waals surface area contributed by atoms with E-state index in [9.17, 15) is 5.11 Å². The van der Waals surface area contributed by atoms with Gasteiger partial charge in [0, 0.05) is 5.33 Å². The van der Waals surface area contributed by atoms with Gasteiger partial charge in [-0.25, -0.2) is 0 Å². The molecule has 0 aromatic carbocycles. The number of rotatable bonds is 2. The fourth-order valence-corrected chi connectivity index (χ4v) is 2.46. The molecule has 0 bridgehead atoms. The molecule has 0 radical (unpaired) electrons. The molecule has 1 unspecified atom stereocenters. The highest BCUT2D eigenvalue weighted by Gasteiger charge is 2.29. The first-order valence-electron chi connectivity index (χ1n) is 4.79. The van der Waals surface area contributed by atoms with Gasteiger partial charge in [-0.3, -0.25) is 0 Å². The maximum atomic E-state index is 9.61. The Labute approximate surface area is 83.7 Å². The van der Waals surface area contributed by atoms with Crippen molar-refractivity contribution in [2.24, 2.45) is 11.3 Å². The largest absolute Gasteiger partial charge is 0.392 e. The third kappa shape index (κ3) is 2.74. The summed E-state index contributed by atoms with van der Waals surface area (Å²) >= 11 is 3.33. The van der Waals surface area contributed by atoms with Crippen molar-refractivity contribution in [3.63, 3.8) is 0 Å². The minimum Gasteiger partial charge on any atom is -0.392 e. The van der Waals surface area contributed by atoms with E-state index >= 15 is 0 Å². The van der Waals surface area contributed by atoms with Gasteiger partial charge in [-0.05, 0) is 37.0 Å². The molecule has 0 aromatic heterocycles. The number of aliphatic hydroxyl groups excluding tert-OH is 1. The first kappa shape index (κ1) is 10.5. The van der Waals surface area contributed by atoms with Crippen molar-refractivity contribution in [2.45, 2.75) is 45.6 Å². The predicted molar refractivity (Wildman–Crippen MR) is 55.5 cm³/mol. The summed E-state index contributed by atoms with van der Waals surface area (Å²) in [6.07, 6.45) is 4.80. The number of alkyl halides is 1. The van der Waals surface area contributed by atoms with Gasteiger partial charge in [-0.15, -0.1) is 0 Å². The maximum Gasteiger partial charge on any atom is 0.0665 e. The van der Waals surface area contributed by atoms with E-state index in [1.54, 1.807) is 0 Å². The molecule has 0 spiro atoms. The Hall–Kier alpha value is 0.440. The van der Waals surface area contributed by atoms with Crippen LogP contribution in [0.25, 0.3) is 0 Å². The number of aliphatic hydroxyl groups is 1. The molecule has 72 valence electrons. The van der Waals surface area contributed by atoms with E-state index < -0.39 is 0 Å². The topological polar surface area (TPSA) is 20.2 Å². The third-order valence-electron chi connectivity index (χ3n) is 3.09. The second-order valence-electron chi connectivity index (χ2n) is 4.72. The Kier molecular flexibility index (Phi) is 3.59. The van der Waals surface area contributed by atoms with Crippen molar-refractivity contribution < 1.29 is 5.11 Å². The van der Waals surface area contributed by atoms with Gasteiger partial charge >= 0.3 is 0 Å². The van der Waals surface area contributed by atoms with Gasteiger partial charge in [0.05, 0.1) is 6.10 Å². The summed E-state index contributed by atoms with van der Waals surface area (Å²) in [6, 6.07) is 0. The quantitative estimate of drug-likeness (QED) is 0.729. The second kappa shape index (κ2) is 4.10. The zero-order chi connectivity index (χ0) is 9.19. The van der Waals surface area contributed by atoms with Crippen molar-refractivity contribution in [1.82, 2.24) is 0 Å². The summed E-state index contributed by atoms with van der Waals surface area (Å²) < 4.78 is 0. The number of hydrogen-bond acceptors (Lipinski definition) is 1. The van der Waals surface area contributed by atoms with Crippen LogP contribution in [0.15, 0.2) is 0 Å². The van der Waals surface area contributed by atoms with E-state index in [4.69, 9.17) is 0 Å². The van der Waals surface area contributed by atoms with Crippen LogP contribution in [0, 0.1) is 11.3 Å². The minimum absolute atomic E-state index is 0.124. The van der Waals surface area contributed by atoms with E-state index in [0.29, 0.717) is 11.3 Å². The molecular formula is C10H19BrO. The predicted octanol–water partition coefficient (Wildman–Crippen LogP) is 2.96. The summed E-state index contributed by atoms with van der Waals surface area (Å²) in [5.74, 6) is 0.539. The molecule has 1 atom stereocenters. The second-order valence-corrected chi connectivity index (χ2v) is 5.37. The Bertz CT molecular complexity index is 135. The normalized spacial score (nSPS) is 27.0. The molecule has 1 aliphatic rings. The van der Waals surface area contributed by atoms with Gasteiger partial charge in [0.2, 0.25) is 0 Å². The molecule has 1 fully saturated rings. The van der Waals surface area contributed by atoms with Gasteiger partial charge in [-0.1, -0.05) is 29.8 Å². The Balaban J connectivity index is 2.36. The molecule has 1 rings (SSSR count). The summed E-state index contributed by atoms with van der Waals surface area (Å²) in [4.78, 5) is 0. The van der Waals surface area contributed by atoms with E-state index in [2.05, 4.69) is 29.8 Å². The van der Waals surface area contributed by atoms with Crippen molar-refractivity contribution in [1.29, 1.82) is 0 Å².